The van der Waals surface area contributed by atoms with E-state index in [9.17, 15) is 18.6 Å². The van der Waals surface area contributed by atoms with Crippen LogP contribution in [0, 0.1) is 0 Å². The summed E-state index contributed by atoms with van der Waals surface area (Å²) in [6.45, 7) is 4.21. The number of hydrogen-bond acceptors (Lipinski definition) is 4. The summed E-state index contributed by atoms with van der Waals surface area (Å²) < 4.78 is 26.7. The largest absolute Gasteiger partial charge is 0.390 e. The monoisotopic (exact) mass is 313 g/mol. The highest BCUT2D eigenvalue weighted by atomic mass is 32.2. The number of sulfonamides is 1. The summed E-state index contributed by atoms with van der Waals surface area (Å²) in [5.41, 5.74) is -0.172. The van der Waals surface area contributed by atoms with E-state index in [1.807, 2.05) is 6.92 Å². The second kappa shape index (κ2) is 6.04. The van der Waals surface area contributed by atoms with Crippen LogP contribution in [0.2, 0.25) is 0 Å². The standard InChI is InChI=1S/C15H23NO4S/c1-3-14(17)12-5-4-6-13(11-12)21(19,20)16-9-7-15(2,18)8-10-16/h4-6,11,14,17-18H,3,7-10H2,1-2H3. The SMILES string of the molecule is CCC(O)c1cccc(S(=O)(=O)N2CCC(C)(O)CC2)c1. The highest BCUT2D eigenvalue weighted by molar-refractivity contribution is 7.89. The van der Waals surface area contributed by atoms with Gasteiger partial charge in [-0.1, -0.05) is 19.1 Å². The van der Waals surface area contributed by atoms with Crippen LogP contribution in [0.1, 0.15) is 44.8 Å². The van der Waals surface area contributed by atoms with Crippen LogP contribution >= 0.6 is 0 Å². The fraction of sp³-hybridized carbons (Fsp3) is 0.600. The van der Waals surface area contributed by atoms with Crippen LogP contribution in [-0.4, -0.2) is 41.6 Å². The summed E-state index contributed by atoms with van der Waals surface area (Å²) in [7, 11) is -3.57. The summed E-state index contributed by atoms with van der Waals surface area (Å²) >= 11 is 0. The molecule has 2 rings (SSSR count). The molecule has 0 aliphatic carbocycles. The molecule has 5 nitrogen and oxygen atoms in total. The minimum absolute atomic E-state index is 0.203. The van der Waals surface area contributed by atoms with Gasteiger partial charge in [0.1, 0.15) is 0 Å². The molecule has 1 aromatic rings. The first-order valence-electron chi connectivity index (χ1n) is 7.27. The molecular formula is C15H23NO4S. The Morgan fingerprint density at radius 3 is 2.52 bits per heavy atom. The van der Waals surface area contributed by atoms with Gasteiger partial charge >= 0.3 is 0 Å². The zero-order chi connectivity index (χ0) is 15.7. The van der Waals surface area contributed by atoms with Gasteiger partial charge in [0.2, 0.25) is 10.0 Å². The molecule has 0 amide bonds. The second-order valence-corrected chi connectivity index (χ2v) is 7.84. The molecule has 1 aromatic carbocycles. The Labute approximate surface area is 126 Å². The van der Waals surface area contributed by atoms with Gasteiger partial charge in [0.15, 0.2) is 0 Å². The van der Waals surface area contributed by atoms with Gasteiger partial charge in [-0.25, -0.2) is 8.42 Å². The molecule has 0 radical (unpaired) electrons. The lowest BCUT2D eigenvalue weighted by molar-refractivity contribution is 0.0126. The van der Waals surface area contributed by atoms with Crippen molar-refractivity contribution in [1.29, 1.82) is 0 Å². The van der Waals surface area contributed by atoms with Crippen molar-refractivity contribution in [2.45, 2.75) is 49.7 Å². The molecule has 21 heavy (non-hydrogen) atoms. The van der Waals surface area contributed by atoms with Crippen molar-refractivity contribution in [3.63, 3.8) is 0 Å². The molecule has 0 spiro atoms. The van der Waals surface area contributed by atoms with Gasteiger partial charge < -0.3 is 10.2 Å². The molecule has 118 valence electrons. The van der Waals surface area contributed by atoms with E-state index in [2.05, 4.69) is 0 Å². The van der Waals surface area contributed by atoms with Crippen LogP contribution in [0.3, 0.4) is 0 Å². The predicted octanol–water partition coefficient (Wildman–Crippen LogP) is 1.67. The van der Waals surface area contributed by atoms with E-state index in [0.29, 0.717) is 37.9 Å². The van der Waals surface area contributed by atoms with Crippen LogP contribution in [0.5, 0.6) is 0 Å². The van der Waals surface area contributed by atoms with E-state index in [0.717, 1.165) is 0 Å². The second-order valence-electron chi connectivity index (χ2n) is 5.90. The first kappa shape index (κ1) is 16.4. The van der Waals surface area contributed by atoms with Crippen molar-refractivity contribution in [1.82, 2.24) is 4.31 Å². The molecular weight excluding hydrogens is 290 g/mol. The van der Waals surface area contributed by atoms with E-state index in [-0.39, 0.29) is 4.90 Å². The molecule has 0 aromatic heterocycles. The number of aliphatic hydroxyl groups is 2. The summed E-state index contributed by atoms with van der Waals surface area (Å²) in [6, 6.07) is 6.47. The smallest absolute Gasteiger partial charge is 0.243 e. The number of aliphatic hydroxyl groups excluding tert-OH is 1. The molecule has 1 atom stereocenters. The van der Waals surface area contributed by atoms with Crippen molar-refractivity contribution in [3.8, 4) is 0 Å². The van der Waals surface area contributed by atoms with Crippen molar-refractivity contribution in [3.05, 3.63) is 29.8 Å². The van der Waals surface area contributed by atoms with Gasteiger partial charge in [-0.2, -0.15) is 4.31 Å². The Balaban J connectivity index is 2.24. The first-order valence-corrected chi connectivity index (χ1v) is 8.71. The summed E-state index contributed by atoms with van der Waals surface area (Å²) in [5, 5.41) is 19.8. The Kier molecular flexibility index (Phi) is 4.72. The van der Waals surface area contributed by atoms with Crippen molar-refractivity contribution >= 4 is 10.0 Å². The number of hydrogen-bond donors (Lipinski definition) is 2. The minimum Gasteiger partial charge on any atom is -0.390 e. The van der Waals surface area contributed by atoms with E-state index in [4.69, 9.17) is 0 Å². The van der Waals surface area contributed by atoms with Gasteiger partial charge in [0.25, 0.3) is 0 Å². The van der Waals surface area contributed by atoms with Gasteiger partial charge in [0, 0.05) is 13.1 Å². The van der Waals surface area contributed by atoms with Crippen molar-refractivity contribution < 1.29 is 18.6 Å². The van der Waals surface area contributed by atoms with Gasteiger partial charge in [-0.05, 0) is 43.9 Å². The quantitative estimate of drug-likeness (QED) is 0.886. The number of piperidine rings is 1. The van der Waals surface area contributed by atoms with Crippen molar-refractivity contribution in [2.75, 3.05) is 13.1 Å². The fourth-order valence-corrected chi connectivity index (χ4v) is 3.97. The molecule has 1 aliphatic heterocycles. The molecule has 1 unspecified atom stereocenters. The van der Waals surface area contributed by atoms with Crippen LogP contribution in [0.25, 0.3) is 0 Å². The molecule has 0 saturated carbocycles. The van der Waals surface area contributed by atoms with E-state index >= 15 is 0 Å². The molecule has 0 bridgehead atoms. The highest BCUT2D eigenvalue weighted by Gasteiger charge is 2.34. The Hall–Kier alpha value is -0.950. The molecule has 6 heteroatoms. The van der Waals surface area contributed by atoms with E-state index in [1.54, 1.807) is 25.1 Å². The number of benzene rings is 1. The Bertz CT molecular complexity index is 587. The van der Waals surface area contributed by atoms with Crippen LogP contribution in [0.4, 0.5) is 0 Å². The van der Waals surface area contributed by atoms with Crippen LogP contribution in [-0.2, 0) is 10.0 Å². The van der Waals surface area contributed by atoms with Crippen LogP contribution in [0.15, 0.2) is 29.2 Å². The predicted molar refractivity (Wildman–Crippen MR) is 80.3 cm³/mol. The maximum absolute atomic E-state index is 12.6. The summed E-state index contributed by atoms with van der Waals surface area (Å²) in [4.78, 5) is 0.203. The van der Waals surface area contributed by atoms with Gasteiger partial charge in [-0.3, -0.25) is 0 Å². The highest BCUT2D eigenvalue weighted by Crippen LogP contribution is 2.27. The lowest BCUT2D eigenvalue weighted by Crippen LogP contribution is -2.45. The molecule has 1 saturated heterocycles. The zero-order valence-electron chi connectivity index (χ0n) is 12.5. The van der Waals surface area contributed by atoms with Gasteiger partial charge in [0.05, 0.1) is 16.6 Å². The van der Waals surface area contributed by atoms with Crippen LogP contribution < -0.4 is 0 Å². The summed E-state index contributed by atoms with van der Waals surface area (Å²) in [5.74, 6) is 0. The minimum atomic E-state index is -3.57. The van der Waals surface area contributed by atoms with E-state index in [1.165, 1.54) is 10.4 Å². The molecule has 1 heterocycles. The van der Waals surface area contributed by atoms with E-state index < -0.39 is 21.7 Å². The third kappa shape index (κ3) is 3.63. The number of nitrogens with zero attached hydrogens (tertiary/aromatic N) is 1. The lowest BCUT2D eigenvalue weighted by atomic mass is 9.95. The third-order valence-electron chi connectivity index (χ3n) is 4.07. The topological polar surface area (TPSA) is 77.8 Å². The lowest BCUT2D eigenvalue weighted by Gasteiger charge is -2.35. The molecule has 1 aliphatic rings. The molecule has 1 fully saturated rings. The average molecular weight is 313 g/mol. The maximum Gasteiger partial charge on any atom is 0.243 e. The normalized spacial score (nSPS) is 21.1. The summed E-state index contributed by atoms with van der Waals surface area (Å²) in [6.07, 6.45) is 0.755. The number of rotatable bonds is 4. The first-order chi connectivity index (χ1) is 9.76. The zero-order valence-corrected chi connectivity index (χ0v) is 13.3. The Morgan fingerprint density at radius 2 is 1.95 bits per heavy atom. The Morgan fingerprint density at radius 1 is 1.33 bits per heavy atom. The third-order valence-corrected chi connectivity index (χ3v) is 5.96. The van der Waals surface area contributed by atoms with Crippen molar-refractivity contribution in [2.24, 2.45) is 0 Å². The maximum atomic E-state index is 12.6. The average Bonchev–Trinajstić information content (AvgIpc) is 2.46. The molecule has 2 N–H and O–H groups in total. The fourth-order valence-electron chi connectivity index (χ4n) is 2.48. The van der Waals surface area contributed by atoms with Gasteiger partial charge in [-0.15, -0.1) is 0 Å².